The van der Waals surface area contributed by atoms with Gasteiger partial charge in [0.25, 0.3) is 5.91 Å². The van der Waals surface area contributed by atoms with Crippen molar-refractivity contribution in [3.63, 3.8) is 0 Å². The van der Waals surface area contributed by atoms with Crippen molar-refractivity contribution >= 4 is 34.0 Å². The minimum atomic E-state index is -0.117. The van der Waals surface area contributed by atoms with Crippen LogP contribution in [-0.4, -0.2) is 17.1 Å². The Hall–Kier alpha value is -2.11. The summed E-state index contributed by atoms with van der Waals surface area (Å²) in [5, 5.41) is 3.77. The Morgan fingerprint density at radius 2 is 1.68 bits per heavy atom. The van der Waals surface area contributed by atoms with Gasteiger partial charge in [-0.25, -0.2) is 4.98 Å². The Labute approximate surface area is 137 Å². The second kappa shape index (κ2) is 6.77. The summed E-state index contributed by atoms with van der Waals surface area (Å²) in [5.41, 5.74) is 2.46. The first-order chi connectivity index (χ1) is 10.8. The van der Waals surface area contributed by atoms with Crippen LogP contribution in [0.4, 0.5) is 5.00 Å². The third-order valence-corrected chi connectivity index (χ3v) is 5.05. The summed E-state index contributed by atoms with van der Waals surface area (Å²) in [7, 11) is 0. The number of thiazole rings is 1. The van der Waals surface area contributed by atoms with E-state index in [0.29, 0.717) is 5.56 Å². The molecule has 0 fully saturated rings. The number of amides is 1. The number of anilines is 1. The quantitative estimate of drug-likeness (QED) is 0.701. The maximum absolute atomic E-state index is 12.4. The number of carbonyl (C=O) groups excluding carboxylic acids is 1. The van der Waals surface area contributed by atoms with E-state index in [4.69, 9.17) is 0 Å². The van der Waals surface area contributed by atoms with Gasteiger partial charge in [0.15, 0.2) is 4.34 Å². The Balaban J connectivity index is 1.93. The molecule has 2 aromatic carbocycles. The molecule has 0 aliphatic rings. The van der Waals surface area contributed by atoms with Crippen molar-refractivity contribution in [3.05, 3.63) is 66.2 Å². The van der Waals surface area contributed by atoms with Crippen LogP contribution in [0.2, 0.25) is 0 Å². The van der Waals surface area contributed by atoms with E-state index in [1.165, 1.54) is 11.3 Å². The summed E-state index contributed by atoms with van der Waals surface area (Å²) < 4.78 is 0.933. The van der Waals surface area contributed by atoms with Crippen LogP contribution < -0.4 is 5.32 Å². The summed E-state index contributed by atoms with van der Waals surface area (Å²) in [6, 6.07) is 19.1. The van der Waals surface area contributed by atoms with E-state index < -0.39 is 0 Å². The molecule has 1 heterocycles. The van der Waals surface area contributed by atoms with E-state index in [-0.39, 0.29) is 5.91 Å². The molecular weight excluding hydrogens is 312 g/mol. The zero-order chi connectivity index (χ0) is 15.4. The molecule has 0 radical (unpaired) electrons. The summed E-state index contributed by atoms with van der Waals surface area (Å²) in [6.07, 6.45) is 1.98. The van der Waals surface area contributed by atoms with E-state index in [2.05, 4.69) is 10.3 Å². The minimum Gasteiger partial charge on any atom is -0.312 e. The summed E-state index contributed by atoms with van der Waals surface area (Å²) in [6.45, 7) is 0. The number of hydrogen-bond acceptors (Lipinski definition) is 4. The first-order valence-corrected chi connectivity index (χ1v) is 8.78. The SMILES string of the molecule is CSc1nc(-c2ccccc2)c(NC(=O)c2ccccc2)s1. The summed E-state index contributed by atoms with van der Waals surface area (Å²) >= 11 is 3.07. The molecule has 0 saturated heterocycles. The minimum absolute atomic E-state index is 0.117. The lowest BCUT2D eigenvalue weighted by Gasteiger charge is -2.05. The Morgan fingerprint density at radius 1 is 1.05 bits per heavy atom. The zero-order valence-electron chi connectivity index (χ0n) is 11.9. The van der Waals surface area contributed by atoms with Gasteiger partial charge in [-0.3, -0.25) is 4.79 Å². The largest absolute Gasteiger partial charge is 0.312 e. The Morgan fingerprint density at radius 3 is 2.32 bits per heavy atom. The van der Waals surface area contributed by atoms with Gasteiger partial charge in [-0.15, -0.1) is 0 Å². The smallest absolute Gasteiger partial charge is 0.256 e. The number of nitrogens with one attached hydrogen (secondary N) is 1. The summed E-state index contributed by atoms with van der Waals surface area (Å²) in [4.78, 5) is 17.0. The van der Waals surface area contributed by atoms with Gasteiger partial charge in [-0.05, 0) is 18.4 Å². The van der Waals surface area contributed by atoms with Gasteiger partial charge in [-0.2, -0.15) is 0 Å². The van der Waals surface area contributed by atoms with Crippen LogP contribution in [0.5, 0.6) is 0 Å². The van der Waals surface area contributed by atoms with Crippen molar-refractivity contribution in [2.75, 3.05) is 11.6 Å². The van der Waals surface area contributed by atoms with Crippen molar-refractivity contribution in [1.82, 2.24) is 4.98 Å². The van der Waals surface area contributed by atoms with Gasteiger partial charge < -0.3 is 5.32 Å². The van der Waals surface area contributed by atoms with Gasteiger partial charge in [0.2, 0.25) is 0 Å². The molecule has 0 atom stereocenters. The lowest BCUT2D eigenvalue weighted by molar-refractivity contribution is 0.102. The molecule has 0 unspecified atom stereocenters. The van der Waals surface area contributed by atoms with Crippen LogP contribution in [0.1, 0.15) is 10.4 Å². The molecule has 0 bridgehead atoms. The number of nitrogens with zero attached hydrogens (tertiary/aromatic N) is 1. The van der Waals surface area contributed by atoms with Crippen molar-refractivity contribution in [2.45, 2.75) is 4.34 Å². The first-order valence-electron chi connectivity index (χ1n) is 6.74. The van der Waals surface area contributed by atoms with Gasteiger partial charge in [0.05, 0.1) is 0 Å². The highest BCUT2D eigenvalue weighted by atomic mass is 32.2. The maximum Gasteiger partial charge on any atom is 0.256 e. The van der Waals surface area contributed by atoms with Gasteiger partial charge >= 0.3 is 0 Å². The molecule has 1 amide bonds. The molecule has 3 rings (SSSR count). The second-order valence-electron chi connectivity index (χ2n) is 4.55. The highest BCUT2D eigenvalue weighted by molar-refractivity contribution is 8.00. The molecule has 3 nitrogen and oxygen atoms in total. The molecule has 0 spiro atoms. The summed E-state index contributed by atoms with van der Waals surface area (Å²) in [5.74, 6) is -0.117. The Bertz CT molecular complexity index is 770. The molecule has 0 saturated carbocycles. The van der Waals surface area contributed by atoms with Gasteiger partial charge in [0, 0.05) is 11.1 Å². The molecule has 3 aromatic rings. The molecule has 22 heavy (non-hydrogen) atoms. The highest BCUT2D eigenvalue weighted by Crippen LogP contribution is 2.36. The topological polar surface area (TPSA) is 42.0 Å². The van der Waals surface area contributed by atoms with Gasteiger partial charge in [0.1, 0.15) is 10.7 Å². The normalized spacial score (nSPS) is 10.4. The molecule has 1 aromatic heterocycles. The third kappa shape index (κ3) is 3.21. The van der Waals surface area contributed by atoms with Crippen molar-refractivity contribution in [3.8, 4) is 11.3 Å². The lowest BCUT2D eigenvalue weighted by atomic mass is 10.1. The molecule has 0 aliphatic carbocycles. The fraction of sp³-hybridized carbons (Fsp3) is 0.0588. The predicted octanol–water partition coefficient (Wildman–Crippen LogP) is 4.78. The van der Waals surface area contributed by atoms with Crippen LogP contribution in [0.3, 0.4) is 0 Å². The number of hydrogen-bond donors (Lipinski definition) is 1. The second-order valence-corrected chi connectivity index (χ2v) is 6.60. The van der Waals surface area contributed by atoms with Crippen LogP contribution in [-0.2, 0) is 0 Å². The molecule has 0 aliphatic heterocycles. The van der Waals surface area contributed by atoms with E-state index in [1.807, 2.05) is 54.8 Å². The fourth-order valence-electron chi connectivity index (χ4n) is 2.03. The molecule has 110 valence electrons. The third-order valence-electron chi connectivity index (χ3n) is 3.09. The average molecular weight is 326 g/mol. The first kappa shape index (κ1) is 14.8. The van der Waals surface area contributed by atoms with Crippen molar-refractivity contribution < 1.29 is 4.79 Å². The number of benzene rings is 2. The van der Waals surface area contributed by atoms with Crippen LogP contribution >= 0.6 is 23.1 Å². The predicted molar refractivity (Wildman–Crippen MR) is 93.7 cm³/mol. The maximum atomic E-state index is 12.4. The number of thioether (sulfide) groups is 1. The van der Waals surface area contributed by atoms with Crippen LogP contribution in [0, 0.1) is 0 Å². The number of carbonyl (C=O) groups is 1. The fourth-order valence-corrected chi connectivity index (χ4v) is 3.51. The van der Waals surface area contributed by atoms with E-state index in [0.717, 1.165) is 20.6 Å². The van der Waals surface area contributed by atoms with Crippen LogP contribution in [0.25, 0.3) is 11.3 Å². The van der Waals surface area contributed by atoms with Gasteiger partial charge in [-0.1, -0.05) is 71.6 Å². The molecule has 5 heteroatoms. The van der Waals surface area contributed by atoms with Crippen molar-refractivity contribution in [2.24, 2.45) is 0 Å². The number of rotatable bonds is 4. The standard InChI is InChI=1S/C17H14N2OS2/c1-21-17-18-14(12-8-4-2-5-9-12)16(22-17)19-15(20)13-10-6-3-7-11-13/h2-11H,1H3,(H,19,20). The lowest BCUT2D eigenvalue weighted by Crippen LogP contribution is -2.11. The number of aromatic nitrogens is 1. The average Bonchev–Trinajstić information content (AvgIpc) is 2.99. The van der Waals surface area contributed by atoms with E-state index in [1.54, 1.807) is 23.9 Å². The monoisotopic (exact) mass is 326 g/mol. The van der Waals surface area contributed by atoms with Crippen molar-refractivity contribution in [1.29, 1.82) is 0 Å². The molecule has 1 N–H and O–H groups in total. The van der Waals surface area contributed by atoms with Crippen LogP contribution in [0.15, 0.2) is 65.0 Å². The van der Waals surface area contributed by atoms with E-state index in [9.17, 15) is 4.79 Å². The Kier molecular flexibility index (Phi) is 4.56. The highest BCUT2D eigenvalue weighted by Gasteiger charge is 2.15. The molecular formula is C17H14N2OS2. The zero-order valence-corrected chi connectivity index (χ0v) is 13.6. The van der Waals surface area contributed by atoms with E-state index >= 15 is 0 Å².